The highest BCUT2D eigenvalue weighted by molar-refractivity contribution is 5.85. The predicted octanol–water partition coefficient (Wildman–Crippen LogP) is 1.98. The second-order valence-corrected chi connectivity index (χ2v) is 5.58. The maximum absolute atomic E-state index is 13.0. The molecule has 0 fully saturated rings. The van der Waals surface area contributed by atoms with Gasteiger partial charge in [-0.25, -0.2) is 28.4 Å². The molecular weight excluding hydrogens is 359 g/mol. The third-order valence-electron chi connectivity index (χ3n) is 3.79. The van der Waals surface area contributed by atoms with E-state index in [0.29, 0.717) is 17.3 Å². The van der Waals surface area contributed by atoms with E-state index in [1.807, 2.05) is 0 Å². The summed E-state index contributed by atoms with van der Waals surface area (Å²) in [5.41, 5.74) is 0.546. The molecule has 0 unspecified atom stereocenters. The lowest BCUT2D eigenvalue weighted by atomic mass is 10.3. The molecule has 3 rings (SSSR count). The topological polar surface area (TPSA) is 118 Å². The van der Waals surface area contributed by atoms with Crippen LogP contribution in [0.1, 0.15) is 22.3 Å². The van der Waals surface area contributed by atoms with Gasteiger partial charge in [-0.2, -0.15) is 0 Å². The first kappa shape index (κ1) is 18.2. The number of nitrogens with zero attached hydrogens (tertiary/aromatic N) is 6. The highest BCUT2D eigenvalue weighted by Gasteiger charge is 2.20. The van der Waals surface area contributed by atoms with Gasteiger partial charge in [-0.3, -0.25) is 0 Å². The molecule has 140 valence electrons. The first-order valence-electron chi connectivity index (χ1n) is 7.90. The summed E-state index contributed by atoms with van der Waals surface area (Å²) >= 11 is 0. The van der Waals surface area contributed by atoms with Crippen molar-refractivity contribution in [3.8, 4) is 5.69 Å². The number of hydrogen-bond acceptors (Lipinski definition) is 7. The first-order chi connectivity index (χ1) is 12.9. The Morgan fingerprint density at radius 2 is 1.96 bits per heavy atom. The van der Waals surface area contributed by atoms with Gasteiger partial charge in [-0.1, -0.05) is 0 Å². The fraction of sp³-hybridized carbons (Fsp3) is 0.250. The van der Waals surface area contributed by atoms with Crippen molar-refractivity contribution in [3.63, 3.8) is 0 Å². The number of aryl methyl sites for hydroxylation is 2. The zero-order valence-electron chi connectivity index (χ0n) is 14.5. The SMILES string of the molecule is Cc1nc(C(=O)OCCn2c([N+](=O)[O-])cnc2C)nn1-c1ccc(F)cc1. The van der Waals surface area contributed by atoms with E-state index in [-0.39, 0.29) is 30.6 Å². The maximum Gasteiger partial charge on any atom is 0.378 e. The summed E-state index contributed by atoms with van der Waals surface area (Å²) in [6.07, 6.45) is 1.15. The summed E-state index contributed by atoms with van der Waals surface area (Å²) < 4.78 is 20.9. The summed E-state index contributed by atoms with van der Waals surface area (Å²) in [7, 11) is 0. The molecule has 0 aliphatic carbocycles. The smallest absolute Gasteiger partial charge is 0.378 e. The van der Waals surface area contributed by atoms with Crippen molar-refractivity contribution in [2.75, 3.05) is 6.61 Å². The van der Waals surface area contributed by atoms with Crippen molar-refractivity contribution in [3.05, 3.63) is 63.9 Å². The molecule has 3 aromatic rings. The first-order valence-corrected chi connectivity index (χ1v) is 7.90. The van der Waals surface area contributed by atoms with Crippen molar-refractivity contribution in [2.24, 2.45) is 0 Å². The Morgan fingerprint density at radius 3 is 2.63 bits per heavy atom. The lowest BCUT2D eigenvalue weighted by Crippen LogP contribution is -2.15. The highest BCUT2D eigenvalue weighted by atomic mass is 19.1. The second kappa shape index (κ2) is 7.32. The predicted molar refractivity (Wildman–Crippen MR) is 90.0 cm³/mol. The number of carbonyl (C=O) groups excluding carboxylic acids is 1. The Balaban J connectivity index is 1.67. The molecule has 0 N–H and O–H groups in total. The van der Waals surface area contributed by atoms with Crippen LogP contribution in [-0.2, 0) is 11.3 Å². The lowest BCUT2D eigenvalue weighted by Gasteiger charge is -2.04. The number of imidazole rings is 1. The van der Waals surface area contributed by atoms with Crippen LogP contribution in [0.3, 0.4) is 0 Å². The van der Waals surface area contributed by atoms with Crippen LogP contribution in [0, 0.1) is 29.8 Å². The molecule has 0 spiro atoms. The quantitative estimate of drug-likeness (QED) is 0.368. The van der Waals surface area contributed by atoms with Gasteiger partial charge in [0.2, 0.25) is 0 Å². The van der Waals surface area contributed by atoms with Crippen molar-refractivity contribution in [1.29, 1.82) is 0 Å². The average Bonchev–Trinajstić information content (AvgIpc) is 3.19. The lowest BCUT2D eigenvalue weighted by molar-refractivity contribution is -0.392. The van der Waals surface area contributed by atoms with Crippen molar-refractivity contribution >= 4 is 11.8 Å². The Morgan fingerprint density at radius 1 is 1.26 bits per heavy atom. The number of nitro groups is 1. The van der Waals surface area contributed by atoms with Crippen LogP contribution in [0.15, 0.2) is 30.5 Å². The van der Waals surface area contributed by atoms with Gasteiger partial charge in [-0.15, -0.1) is 5.10 Å². The zero-order chi connectivity index (χ0) is 19.6. The van der Waals surface area contributed by atoms with Crippen LogP contribution in [0.25, 0.3) is 5.69 Å². The number of hydrogen-bond donors (Lipinski definition) is 0. The summed E-state index contributed by atoms with van der Waals surface area (Å²) in [6, 6.07) is 5.56. The van der Waals surface area contributed by atoms with E-state index in [1.165, 1.54) is 33.5 Å². The van der Waals surface area contributed by atoms with E-state index < -0.39 is 10.9 Å². The van der Waals surface area contributed by atoms with Crippen LogP contribution < -0.4 is 0 Å². The largest absolute Gasteiger partial charge is 0.456 e. The number of carbonyl (C=O) groups is 1. The van der Waals surface area contributed by atoms with Gasteiger partial charge in [0.05, 0.1) is 5.69 Å². The molecule has 2 heterocycles. The van der Waals surface area contributed by atoms with E-state index in [4.69, 9.17) is 4.74 Å². The molecule has 1 aromatic carbocycles. The summed E-state index contributed by atoms with van der Waals surface area (Å²) in [6.45, 7) is 3.22. The van der Waals surface area contributed by atoms with Gasteiger partial charge in [0.1, 0.15) is 31.0 Å². The molecule has 0 saturated carbocycles. The normalized spacial score (nSPS) is 10.8. The number of rotatable bonds is 6. The molecule has 2 aromatic heterocycles. The molecule has 0 amide bonds. The number of aromatic nitrogens is 5. The van der Waals surface area contributed by atoms with Gasteiger partial charge in [0, 0.05) is 6.92 Å². The maximum atomic E-state index is 13.0. The van der Waals surface area contributed by atoms with E-state index in [9.17, 15) is 19.3 Å². The molecule has 0 saturated heterocycles. The molecule has 0 atom stereocenters. The molecule has 0 radical (unpaired) electrons. The zero-order valence-corrected chi connectivity index (χ0v) is 14.5. The third kappa shape index (κ3) is 3.81. The Hall–Kier alpha value is -3.63. The summed E-state index contributed by atoms with van der Waals surface area (Å²) in [5.74, 6) is -0.631. The van der Waals surface area contributed by atoms with Gasteiger partial charge in [0.25, 0.3) is 5.82 Å². The average molecular weight is 374 g/mol. The van der Waals surface area contributed by atoms with Gasteiger partial charge < -0.3 is 14.9 Å². The van der Waals surface area contributed by atoms with Gasteiger partial charge in [0.15, 0.2) is 5.82 Å². The third-order valence-corrected chi connectivity index (χ3v) is 3.79. The number of ether oxygens (including phenoxy) is 1. The minimum atomic E-state index is -0.764. The summed E-state index contributed by atoms with van der Waals surface area (Å²) in [5, 5.41) is 15.0. The minimum Gasteiger partial charge on any atom is -0.456 e. The standard InChI is InChI=1S/C16H15FN6O4/c1-10-18-9-14(23(25)26)21(10)7-8-27-16(24)15-19-11(2)22(20-15)13-5-3-12(17)4-6-13/h3-6,9H,7-8H2,1-2H3. The van der Waals surface area contributed by atoms with E-state index in [0.717, 1.165) is 6.20 Å². The minimum absolute atomic E-state index is 0.0749. The van der Waals surface area contributed by atoms with E-state index >= 15 is 0 Å². The molecule has 0 aliphatic rings. The van der Waals surface area contributed by atoms with Gasteiger partial charge in [-0.05, 0) is 36.1 Å². The van der Waals surface area contributed by atoms with Crippen LogP contribution in [0.4, 0.5) is 10.2 Å². The van der Waals surface area contributed by atoms with Crippen LogP contribution in [0.5, 0.6) is 0 Å². The number of benzene rings is 1. The highest BCUT2D eigenvalue weighted by Crippen LogP contribution is 2.14. The van der Waals surface area contributed by atoms with Crippen LogP contribution in [0.2, 0.25) is 0 Å². The number of halogens is 1. The molecule has 10 nitrogen and oxygen atoms in total. The molecular formula is C16H15FN6O4. The fourth-order valence-electron chi connectivity index (χ4n) is 2.48. The number of esters is 1. The van der Waals surface area contributed by atoms with Crippen molar-refractivity contribution in [2.45, 2.75) is 20.4 Å². The van der Waals surface area contributed by atoms with E-state index in [2.05, 4.69) is 15.1 Å². The van der Waals surface area contributed by atoms with Crippen LogP contribution in [-0.4, -0.2) is 41.8 Å². The van der Waals surface area contributed by atoms with Crippen molar-refractivity contribution in [1.82, 2.24) is 24.3 Å². The van der Waals surface area contributed by atoms with E-state index in [1.54, 1.807) is 13.8 Å². The fourth-order valence-corrected chi connectivity index (χ4v) is 2.48. The molecule has 11 heteroatoms. The Labute approximate surface area is 152 Å². The summed E-state index contributed by atoms with van der Waals surface area (Å²) in [4.78, 5) is 30.4. The Bertz CT molecular complexity index is 995. The molecule has 0 bridgehead atoms. The Kier molecular flexibility index (Phi) is 4.92. The van der Waals surface area contributed by atoms with Gasteiger partial charge >= 0.3 is 11.8 Å². The van der Waals surface area contributed by atoms with Crippen molar-refractivity contribution < 1.29 is 18.8 Å². The second-order valence-electron chi connectivity index (χ2n) is 5.58. The van der Waals surface area contributed by atoms with Crippen LogP contribution >= 0.6 is 0 Å². The molecule has 27 heavy (non-hydrogen) atoms. The molecule has 0 aliphatic heterocycles. The monoisotopic (exact) mass is 374 g/mol.